The number of alkyl halides is 3. The monoisotopic (exact) mass is 275 g/mol. The molecule has 0 heterocycles. The maximum Gasteiger partial charge on any atom is 0.413 e. The van der Waals surface area contributed by atoms with Crippen molar-refractivity contribution in [1.82, 2.24) is 5.48 Å². The number of hydrogen-bond acceptors (Lipinski definition) is 3. The molecule has 0 saturated carbocycles. The van der Waals surface area contributed by atoms with Crippen molar-refractivity contribution < 1.29 is 22.7 Å². The molecule has 0 fully saturated rings. The van der Waals surface area contributed by atoms with Gasteiger partial charge in [0.05, 0.1) is 7.11 Å². The molecule has 0 saturated heterocycles. The lowest BCUT2D eigenvalue weighted by Crippen LogP contribution is -2.37. The van der Waals surface area contributed by atoms with Crippen LogP contribution in [0.5, 0.6) is 5.75 Å². The van der Waals surface area contributed by atoms with Crippen molar-refractivity contribution in [1.29, 1.82) is 0 Å². The molecule has 6 heteroatoms. The van der Waals surface area contributed by atoms with E-state index in [4.69, 9.17) is 4.74 Å². The van der Waals surface area contributed by atoms with Crippen LogP contribution in [0.15, 0.2) is 18.2 Å². The first-order valence-electron chi connectivity index (χ1n) is 6.08. The Morgan fingerprint density at radius 3 is 2.79 bits per heavy atom. The number of ether oxygens (including phenoxy) is 1. The molecule has 1 N–H and O–H groups in total. The third-order valence-corrected chi connectivity index (χ3v) is 3.13. The lowest BCUT2D eigenvalue weighted by Gasteiger charge is -2.25. The molecule has 0 amide bonds. The molecule has 0 spiro atoms. The second-order valence-electron chi connectivity index (χ2n) is 4.60. The van der Waals surface area contributed by atoms with Crippen LogP contribution in [0.3, 0.4) is 0 Å². The quantitative estimate of drug-likeness (QED) is 0.857. The number of hydrogen-bond donors (Lipinski definition) is 1. The van der Waals surface area contributed by atoms with E-state index < -0.39 is 12.8 Å². The van der Waals surface area contributed by atoms with Gasteiger partial charge in [-0.25, -0.2) is 0 Å². The first-order chi connectivity index (χ1) is 8.98. The summed E-state index contributed by atoms with van der Waals surface area (Å²) in [4.78, 5) is 4.50. The molecule has 1 aromatic rings. The summed E-state index contributed by atoms with van der Waals surface area (Å²) in [6.45, 7) is -1.27. The van der Waals surface area contributed by atoms with Crippen molar-refractivity contribution in [2.45, 2.75) is 31.5 Å². The summed E-state index contributed by atoms with van der Waals surface area (Å²) < 4.78 is 41.0. The maximum atomic E-state index is 12.0. The summed E-state index contributed by atoms with van der Waals surface area (Å²) in [5.41, 5.74) is 4.81. The fraction of sp³-hybridized carbons (Fsp3) is 0.538. The Hall–Kier alpha value is -1.27. The van der Waals surface area contributed by atoms with Crippen molar-refractivity contribution in [2.75, 3.05) is 13.7 Å². The predicted octanol–water partition coefficient (Wildman–Crippen LogP) is 2.64. The Morgan fingerprint density at radius 2 is 2.11 bits per heavy atom. The van der Waals surface area contributed by atoms with Crippen molar-refractivity contribution in [2.24, 2.45) is 0 Å². The molecule has 1 aromatic carbocycles. The lowest BCUT2D eigenvalue weighted by molar-refractivity contribution is -0.193. The van der Waals surface area contributed by atoms with E-state index in [1.165, 1.54) is 5.56 Å². The molecular weight excluding hydrogens is 259 g/mol. The Bertz CT molecular complexity index is 434. The van der Waals surface area contributed by atoms with Crippen molar-refractivity contribution in [3.63, 3.8) is 0 Å². The number of aryl methyl sites for hydroxylation is 1. The lowest BCUT2D eigenvalue weighted by atomic mass is 9.88. The fourth-order valence-electron chi connectivity index (χ4n) is 2.20. The number of halogens is 3. The highest BCUT2D eigenvalue weighted by Crippen LogP contribution is 2.25. The SMILES string of the molecule is COc1ccc2c(c1)CC(NOCC(F)(F)F)CC2. The molecule has 3 nitrogen and oxygen atoms in total. The van der Waals surface area contributed by atoms with Crippen LogP contribution in [0, 0.1) is 0 Å². The second kappa shape index (κ2) is 5.79. The average Bonchev–Trinajstić information content (AvgIpc) is 2.36. The van der Waals surface area contributed by atoms with E-state index in [1.54, 1.807) is 7.11 Å². The summed E-state index contributed by atoms with van der Waals surface area (Å²) in [5, 5.41) is 0. The van der Waals surface area contributed by atoms with Gasteiger partial charge in [0.15, 0.2) is 6.61 Å². The van der Waals surface area contributed by atoms with Gasteiger partial charge in [0, 0.05) is 6.04 Å². The predicted molar refractivity (Wildman–Crippen MR) is 63.9 cm³/mol. The summed E-state index contributed by atoms with van der Waals surface area (Å²) in [7, 11) is 1.59. The number of hydroxylamine groups is 1. The molecule has 106 valence electrons. The number of fused-ring (bicyclic) bond motifs is 1. The highest BCUT2D eigenvalue weighted by Gasteiger charge is 2.28. The molecule has 0 bridgehead atoms. The summed E-state index contributed by atoms with van der Waals surface area (Å²) in [5.74, 6) is 0.760. The highest BCUT2D eigenvalue weighted by atomic mass is 19.4. The normalized spacial score (nSPS) is 19.1. The standard InChI is InChI=1S/C13H16F3NO2/c1-18-12-5-3-9-2-4-11(6-10(9)7-12)17-19-8-13(14,15)16/h3,5,7,11,17H,2,4,6,8H2,1H3. The van der Waals surface area contributed by atoms with Gasteiger partial charge in [-0.15, -0.1) is 0 Å². The molecule has 1 aliphatic rings. The van der Waals surface area contributed by atoms with Crippen LogP contribution in [0.1, 0.15) is 17.5 Å². The van der Waals surface area contributed by atoms with Crippen LogP contribution in [-0.2, 0) is 17.7 Å². The number of methoxy groups -OCH3 is 1. The zero-order valence-corrected chi connectivity index (χ0v) is 10.6. The Kier molecular flexibility index (Phi) is 4.31. The minimum atomic E-state index is -4.30. The molecular formula is C13H16F3NO2. The minimum Gasteiger partial charge on any atom is -0.497 e. The molecule has 0 aromatic heterocycles. The number of benzene rings is 1. The van der Waals surface area contributed by atoms with Gasteiger partial charge in [0.25, 0.3) is 0 Å². The van der Waals surface area contributed by atoms with Crippen molar-refractivity contribution in [3.8, 4) is 5.75 Å². The third-order valence-electron chi connectivity index (χ3n) is 3.13. The molecule has 0 radical (unpaired) electrons. The van der Waals surface area contributed by atoms with Gasteiger partial charge in [-0.3, -0.25) is 4.84 Å². The van der Waals surface area contributed by atoms with Crippen LogP contribution in [0.4, 0.5) is 13.2 Å². The summed E-state index contributed by atoms with van der Waals surface area (Å²) in [6, 6.07) is 5.72. The van der Waals surface area contributed by atoms with E-state index in [-0.39, 0.29) is 6.04 Å². The molecule has 19 heavy (non-hydrogen) atoms. The summed E-state index contributed by atoms with van der Waals surface area (Å²) >= 11 is 0. The van der Waals surface area contributed by atoms with Crippen LogP contribution in [0.25, 0.3) is 0 Å². The summed E-state index contributed by atoms with van der Waals surface area (Å²) in [6.07, 6.45) is -2.07. The second-order valence-corrected chi connectivity index (χ2v) is 4.60. The first kappa shape index (κ1) is 14.1. The fourth-order valence-corrected chi connectivity index (χ4v) is 2.20. The third kappa shape index (κ3) is 4.11. The highest BCUT2D eigenvalue weighted by molar-refractivity contribution is 5.37. The van der Waals surface area contributed by atoms with Gasteiger partial charge in [0.2, 0.25) is 0 Å². The smallest absolute Gasteiger partial charge is 0.413 e. The van der Waals surface area contributed by atoms with E-state index in [0.717, 1.165) is 24.2 Å². The minimum absolute atomic E-state index is 0.0954. The first-order valence-corrected chi connectivity index (χ1v) is 6.08. The van der Waals surface area contributed by atoms with Crippen LogP contribution >= 0.6 is 0 Å². The van der Waals surface area contributed by atoms with E-state index in [0.29, 0.717) is 6.42 Å². The Labute approximate surface area is 109 Å². The van der Waals surface area contributed by atoms with Gasteiger partial charge in [0.1, 0.15) is 5.75 Å². The van der Waals surface area contributed by atoms with Crippen LogP contribution in [0.2, 0.25) is 0 Å². The molecule has 1 aliphatic carbocycles. The van der Waals surface area contributed by atoms with E-state index in [1.807, 2.05) is 18.2 Å². The van der Waals surface area contributed by atoms with Gasteiger partial charge in [-0.05, 0) is 42.5 Å². The van der Waals surface area contributed by atoms with E-state index >= 15 is 0 Å². The molecule has 0 aliphatic heterocycles. The van der Waals surface area contributed by atoms with E-state index in [9.17, 15) is 13.2 Å². The maximum absolute atomic E-state index is 12.0. The number of rotatable bonds is 4. The largest absolute Gasteiger partial charge is 0.497 e. The zero-order chi connectivity index (χ0) is 13.9. The average molecular weight is 275 g/mol. The van der Waals surface area contributed by atoms with Gasteiger partial charge >= 0.3 is 6.18 Å². The van der Waals surface area contributed by atoms with Gasteiger partial charge in [-0.1, -0.05) is 6.07 Å². The molecule has 1 atom stereocenters. The van der Waals surface area contributed by atoms with Crippen LogP contribution < -0.4 is 10.2 Å². The molecule has 2 rings (SSSR count). The number of nitrogens with one attached hydrogen (secondary N) is 1. The topological polar surface area (TPSA) is 30.5 Å². The van der Waals surface area contributed by atoms with Gasteiger partial charge in [-0.2, -0.15) is 18.7 Å². The Balaban J connectivity index is 1.90. The van der Waals surface area contributed by atoms with E-state index in [2.05, 4.69) is 10.3 Å². The zero-order valence-electron chi connectivity index (χ0n) is 10.6. The van der Waals surface area contributed by atoms with Gasteiger partial charge < -0.3 is 4.74 Å². The van der Waals surface area contributed by atoms with Crippen molar-refractivity contribution >= 4 is 0 Å². The molecule has 1 unspecified atom stereocenters. The van der Waals surface area contributed by atoms with Crippen LogP contribution in [-0.4, -0.2) is 25.9 Å². The van der Waals surface area contributed by atoms with Crippen molar-refractivity contribution in [3.05, 3.63) is 29.3 Å². The Morgan fingerprint density at radius 1 is 1.32 bits per heavy atom.